The van der Waals surface area contributed by atoms with Crippen LogP contribution >= 0.6 is 0 Å². The third-order valence-electron chi connectivity index (χ3n) is 3.94. The molecule has 0 heterocycles. The van der Waals surface area contributed by atoms with Gasteiger partial charge in [-0.1, -0.05) is 54.6 Å². The van der Waals surface area contributed by atoms with E-state index in [4.69, 9.17) is 0 Å². The van der Waals surface area contributed by atoms with Gasteiger partial charge in [0, 0.05) is 12.6 Å². The molecule has 2 aromatic rings. The van der Waals surface area contributed by atoms with E-state index < -0.39 is 0 Å². The van der Waals surface area contributed by atoms with Crippen molar-refractivity contribution in [1.82, 2.24) is 5.32 Å². The summed E-state index contributed by atoms with van der Waals surface area (Å²) < 4.78 is 0. The average molecular weight is 251 g/mol. The maximum absolute atomic E-state index is 3.58. The minimum absolute atomic E-state index is 0.393. The lowest BCUT2D eigenvalue weighted by Crippen LogP contribution is -2.17. The molecule has 1 fully saturated rings. The second kappa shape index (κ2) is 5.58. The van der Waals surface area contributed by atoms with Crippen LogP contribution in [0.1, 0.15) is 48.4 Å². The molecule has 98 valence electrons. The van der Waals surface area contributed by atoms with Gasteiger partial charge in [0.25, 0.3) is 0 Å². The molecule has 1 saturated carbocycles. The van der Waals surface area contributed by atoms with Crippen molar-refractivity contribution in [3.05, 3.63) is 71.3 Å². The van der Waals surface area contributed by atoms with E-state index in [0.717, 1.165) is 12.5 Å². The molecule has 1 aliphatic rings. The molecule has 3 rings (SSSR count). The first-order valence-electron chi connectivity index (χ1n) is 7.20. The van der Waals surface area contributed by atoms with Gasteiger partial charge in [0.1, 0.15) is 0 Å². The van der Waals surface area contributed by atoms with Gasteiger partial charge in [0.05, 0.1) is 0 Å². The molecule has 0 bridgehead atoms. The second-order valence-electron chi connectivity index (χ2n) is 5.53. The van der Waals surface area contributed by atoms with Crippen molar-refractivity contribution < 1.29 is 0 Å². The Bertz CT molecular complexity index is 511. The van der Waals surface area contributed by atoms with Gasteiger partial charge in [0.2, 0.25) is 0 Å². The molecule has 0 aliphatic heterocycles. The summed E-state index contributed by atoms with van der Waals surface area (Å²) in [4.78, 5) is 0. The summed E-state index contributed by atoms with van der Waals surface area (Å²) in [6.45, 7) is 3.15. The lowest BCUT2D eigenvalue weighted by atomic mass is 10.1. The molecule has 2 aromatic carbocycles. The molecule has 0 radical (unpaired) electrons. The van der Waals surface area contributed by atoms with Crippen LogP contribution in [0.3, 0.4) is 0 Å². The molecule has 19 heavy (non-hydrogen) atoms. The Kier molecular flexibility index (Phi) is 3.65. The number of hydrogen-bond acceptors (Lipinski definition) is 1. The fourth-order valence-corrected chi connectivity index (χ4v) is 2.45. The van der Waals surface area contributed by atoms with Gasteiger partial charge in [-0.2, -0.15) is 0 Å². The van der Waals surface area contributed by atoms with Gasteiger partial charge in [-0.25, -0.2) is 0 Å². The van der Waals surface area contributed by atoms with Gasteiger partial charge in [-0.3, -0.25) is 0 Å². The first-order chi connectivity index (χ1) is 9.33. The maximum Gasteiger partial charge on any atom is 0.0294 e. The zero-order valence-corrected chi connectivity index (χ0v) is 11.5. The summed E-state index contributed by atoms with van der Waals surface area (Å²) in [6.07, 6.45) is 2.76. The Morgan fingerprint density at radius 1 is 1.00 bits per heavy atom. The van der Waals surface area contributed by atoms with E-state index in [2.05, 4.69) is 66.8 Å². The Labute approximate surface area is 115 Å². The Morgan fingerprint density at radius 3 is 2.32 bits per heavy atom. The summed E-state index contributed by atoms with van der Waals surface area (Å²) in [7, 11) is 0. The monoisotopic (exact) mass is 251 g/mol. The Hall–Kier alpha value is -1.60. The molecular formula is C18H21N. The lowest BCUT2D eigenvalue weighted by molar-refractivity contribution is 0.574. The van der Waals surface area contributed by atoms with Crippen LogP contribution in [-0.2, 0) is 6.54 Å². The van der Waals surface area contributed by atoms with Gasteiger partial charge >= 0.3 is 0 Å². The standard InChI is InChI=1S/C18H21N/c1-14(16-5-3-2-4-6-16)19-13-15-7-9-17(10-8-15)18-11-12-18/h2-10,14,18-19H,11-13H2,1H3/t14-/m1/s1. The quantitative estimate of drug-likeness (QED) is 0.829. The summed E-state index contributed by atoms with van der Waals surface area (Å²) >= 11 is 0. The van der Waals surface area contributed by atoms with Gasteiger partial charge in [0.15, 0.2) is 0 Å². The first-order valence-corrected chi connectivity index (χ1v) is 7.20. The zero-order chi connectivity index (χ0) is 13.1. The summed E-state index contributed by atoms with van der Waals surface area (Å²) in [5.74, 6) is 0.852. The van der Waals surface area contributed by atoms with E-state index in [-0.39, 0.29) is 0 Å². The van der Waals surface area contributed by atoms with Crippen LogP contribution in [-0.4, -0.2) is 0 Å². The van der Waals surface area contributed by atoms with Crippen LogP contribution < -0.4 is 5.32 Å². The van der Waals surface area contributed by atoms with Crippen LogP contribution in [0.25, 0.3) is 0 Å². The summed E-state index contributed by atoms with van der Waals surface area (Å²) in [5.41, 5.74) is 4.23. The topological polar surface area (TPSA) is 12.0 Å². The predicted octanol–water partition coefficient (Wildman–Crippen LogP) is 4.41. The second-order valence-corrected chi connectivity index (χ2v) is 5.53. The third kappa shape index (κ3) is 3.24. The van der Waals surface area contributed by atoms with Crippen LogP contribution in [0, 0.1) is 0 Å². The van der Waals surface area contributed by atoms with E-state index >= 15 is 0 Å². The van der Waals surface area contributed by atoms with Gasteiger partial charge in [-0.15, -0.1) is 0 Å². The van der Waals surface area contributed by atoms with Crippen molar-refractivity contribution in [2.45, 2.75) is 38.3 Å². The molecule has 1 atom stereocenters. The van der Waals surface area contributed by atoms with Crippen molar-refractivity contribution >= 4 is 0 Å². The highest BCUT2D eigenvalue weighted by Gasteiger charge is 2.22. The highest BCUT2D eigenvalue weighted by molar-refractivity contribution is 5.28. The van der Waals surface area contributed by atoms with Gasteiger partial charge in [-0.05, 0) is 42.4 Å². The number of hydrogen-bond donors (Lipinski definition) is 1. The minimum Gasteiger partial charge on any atom is -0.306 e. The molecule has 0 saturated heterocycles. The third-order valence-corrected chi connectivity index (χ3v) is 3.94. The Morgan fingerprint density at radius 2 is 1.68 bits per heavy atom. The minimum atomic E-state index is 0.393. The van der Waals surface area contributed by atoms with Crippen molar-refractivity contribution in [3.8, 4) is 0 Å². The molecule has 1 aliphatic carbocycles. The predicted molar refractivity (Wildman–Crippen MR) is 80.1 cm³/mol. The normalized spacial score (nSPS) is 16.3. The highest BCUT2D eigenvalue weighted by Crippen LogP contribution is 2.39. The molecule has 1 nitrogen and oxygen atoms in total. The Balaban J connectivity index is 1.56. The molecule has 0 spiro atoms. The van der Waals surface area contributed by atoms with E-state index in [0.29, 0.717) is 6.04 Å². The SMILES string of the molecule is C[C@@H](NCc1ccc(C2CC2)cc1)c1ccccc1. The van der Waals surface area contributed by atoms with Crippen LogP contribution in [0.2, 0.25) is 0 Å². The van der Waals surface area contributed by atoms with E-state index in [1.165, 1.54) is 29.5 Å². The first kappa shape index (κ1) is 12.4. The molecule has 1 heteroatoms. The fraction of sp³-hybridized carbons (Fsp3) is 0.333. The number of benzene rings is 2. The van der Waals surface area contributed by atoms with Crippen LogP contribution in [0.5, 0.6) is 0 Å². The number of nitrogens with one attached hydrogen (secondary N) is 1. The van der Waals surface area contributed by atoms with Crippen molar-refractivity contribution in [2.24, 2.45) is 0 Å². The molecular weight excluding hydrogens is 230 g/mol. The van der Waals surface area contributed by atoms with E-state index in [9.17, 15) is 0 Å². The fourth-order valence-electron chi connectivity index (χ4n) is 2.45. The van der Waals surface area contributed by atoms with Crippen LogP contribution in [0.4, 0.5) is 0 Å². The average Bonchev–Trinajstić information content (AvgIpc) is 3.31. The number of rotatable bonds is 5. The molecule has 0 aromatic heterocycles. The van der Waals surface area contributed by atoms with Crippen molar-refractivity contribution in [2.75, 3.05) is 0 Å². The molecule has 0 amide bonds. The van der Waals surface area contributed by atoms with E-state index in [1.807, 2.05) is 0 Å². The summed E-state index contributed by atoms with van der Waals surface area (Å²) in [6, 6.07) is 20.1. The summed E-state index contributed by atoms with van der Waals surface area (Å²) in [5, 5.41) is 3.58. The molecule has 1 N–H and O–H groups in total. The molecule has 0 unspecified atom stereocenters. The van der Waals surface area contributed by atoms with Crippen molar-refractivity contribution in [1.29, 1.82) is 0 Å². The highest BCUT2D eigenvalue weighted by atomic mass is 14.9. The van der Waals surface area contributed by atoms with Crippen LogP contribution in [0.15, 0.2) is 54.6 Å². The van der Waals surface area contributed by atoms with Gasteiger partial charge < -0.3 is 5.32 Å². The van der Waals surface area contributed by atoms with Crippen molar-refractivity contribution in [3.63, 3.8) is 0 Å². The lowest BCUT2D eigenvalue weighted by Gasteiger charge is -2.14. The largest absolute Gasteiger partial charge is 0.306 e. The smallest absolute Gasteiger partial charge is 0.0294 e. The zero-order valence-electron chi connectivity index (χ0n) is 11.5. The maximum atomic E-state index is 3.58. The van der Waals surface area contributed by atoms with E-state index in [1.54, 1.807) is 0 Å².